The average molecular weight is 257 g/mol. The minimum Gasteiger partial charge on any atom is -0.350 e. The van der Waals surface area contributed by atoms with Crippen molar-refractivity contribution in [2.24, 2.45) is 5.92 Å². The SMILES string of the molecule is N#CC1=C2CC=CC=C2C(CCC2OCCO2)CC1. The largest absolute Gasteiger partial charge is 0.350 e. The van der Waals surface area contributed by atoms with Crippen molar-refractivity contribution in [2.75, 3.05) is 13.2 Å². The monoisotopic (exact) mass is 257 g/mol. The maximum absolute atomic E-state index is 9.22. The third kappa shape index (κ3) is 2.65. The third-order valence-corrected chi connectivity index (χ3v) is 4.21. The van der Waals surface area contributed by atoms with Crippen molar-refractivity contribution in [2.45, 2.75) is 38.4 Å². The summed E-state index contributed by atoms with van der Waals surface area (Å²) in [5, 5.41) is 9.22. The van der Waals surface area contributed by atoms with Crippen LogP contribution in [0.15, 0.2) is 34.9 Å². The first-order valence-corrected chi connectivity index (χ1v) is 7.11. The lowest BCUT2D eigenvalue weighted by Gasteiger charge is -2.30. The number of fused-ring (bicyclic) bond motifs is 1. The van der Waals surface area contributed by atoms with Gasteiger partial charge in [0, 0.05) is 5.57 Å². The highest BCUT2D eigenvalue weighted by Crippen LogP contribution is 2.40. The molecule has 0 aromatic carbocycles. The van der Waals surface area contributed by atoms with Crippen LogP contribution < -0.4 is 0 Å². The van der Waals surface area contributed by atoms with E-state index in [4.69, 9.17) is 9.47 Å². The molecule has 0 saturated carbocycles. The molecule has 1 unspecified atom stereocenters. The summed E-state index contributed by atoms with van der Waals surface area (Å²) in [5.41, 5.74) is 3.64. The summed E-state index contributed by atoms with van der Waals surface area (Å²) < 4.78 is 11.0. The average Bonchev–Trinajstić information content (AvgIpc) is 2.98. The second-order valence-electron chi connectivity index (χ2n) is 5.31. The van der Waals surface area contributed by atoms with E-state index in [0.717, 1.165) is 50.9 Å². The quantitative estimate of drug-likeness (QED) is 0.779. The summed E-state index contributed by atoms with van der Waals surface area (Å²) in [7, 11) is 0. The summed E-state index contributed by atoms with van der Waals surface area (Å²) in [6, 6.07) is 2.38. The second-order valence-corrected chi connectivity index (χ2v) is 5.31. The molecule has 0 spiro atoms. The van der Waals surface area contributed by atoms with Crippen molar-refractivity contribution in [3.63, 3.8) is 0 Å². The van der Waals surface area contributed by atoms with E-state index < -0.39 is 0 Å². The van der Waals surface area contributed by atoms with Gasteiger partial charge in [-0.05, 0) is 49.2 Å². The Morgan fingerprint density at radius 1 is 1.26 bits per heavy atom. The molecule has 1 atom stereocenters. The molecule has 0 amide bonds. The van der Waals surface area contributed by atoms with Gasteiger partial charge in [-0.1, -0.05) is 18.2 Å². The van der Waals surface area contributed by atoms with Crippen LogP contribution in [0.1, 0.15) is 32.1 Å². The van der Waals surface area contributed by atoms with Gasteiger partial charge < -0.3 is 9.47 Å². The molecule has 100 valence electrons. The van der Waals surface area contributed by atoms with Crippen LogP contribution in [0.3, 0.4) is 0 Å². The number of hydrogen-bond acceptors (Lipinski definition) is 3. The minimum absolute atomic E-state index is 0.00970. The Morgan fingerprint density at radius 3 is 2.89 bits per heavy atom. The van der Waals surface area contributed by atoms with Crippen molar-refractivity contribution < 1.29 is 9.47 Å². The summed E-state index contributed by atoms with van der Waals surface area (Å²) >= 11 is 0. The standard InChI is InChI=1S/C16H19NO2/c17-11-13-6-5-12(7-8-16-18-9-10-19-16)14-3-1-2-4-15(13)14/h1-3,12,16H,4-10H2. The van der Waals surface area contributed by atoms with Crippen LogP contribution >= 0.6 is 0 Å². The van der Waals surface area contributed by atoms with E-state index in [0.29, 0.717) is 5.92 Å². The molecule has 1 fully saturated rings. The molecule has 0 aromatic heterocycles. The van der Waals surface area contributed by atoms with Crippen molar-refractivity contribution in [1.82, 2.24) is 0 Å². The van der Waals surface area contributed by atoms with Crippen LogP contribution in [0.2, 0.25) is 0 Å². The highest BCUT2D eigenvalue weighted by molar-refractivity contribution is 5.49. The topological polar surface area (TPSA) is 42.2 Å². The molecule has 0 N–H and O–H groups in total. The van der Waals surface area contributed by atoms with Crippen LogP contribution in [0, 0.1) is 17.2 Å². The highest BCUT2D eigenvalue weighted by atomic mass is 16.7. The van der Waals surface area contributed by atoms with Gasteiger partial charge in [-0.25, -0.2) is 0 Å². The van der Waals surface area contributed by atoms with E-state index in [1.807, 2.05) is 0 Å². The van der Waals surface area contributed by atoms with Gasteiger partial charge in [0.25, 0.3) is 0 Å². The molecule has 1 aliphatic heterocycles. The van der Waals surface area contributed by atoms with Crippen LogP contribution in [0.25, 0.3) is 0 Å². The van der Waals surface area contributed by atoms with Gasteiger partial charge in [0.15, 0.2) is 6.29 Å². The third-order valence-electron chi connectivity index (χ3n) is 4.21. The van der Waals surface area contributed by atoms with Crippen molar-refractivity contribution in [3.8, 4) is 6.07 Å². The molecule has 3 heteroatoms. The minimum atomic E-state index is -0.00970. The first-order valence-electron chi connectivity index (χ1n) is 7.11. The van der Waals surface area contributed by atoms with Crippen molar-refractivity contribution in [1.29, 1.82) is 5.26 Å². The normalized spacial score (nSPS) is 27.1. The molecule has 1 saturated heterocycles. The number of nitrogens with zero attached hydrogens (tertiary/aromatic N) is 1. The molecule has 3 nitrogen and oxygen atoms in total. The summed E-state index contributed by atoms with van der Waals surface area (Å²) in [4.78, 5) is 0. The first kappa shape index (κ1) is 12.7. The Morgan fingerprint density at radius 2 is 2.11 bits per heavy atom. The van der Waals surface area contributed by atoms with Gasteiger partial charge in [0.05, 0.1) is 19.3 Å². The maximum atomic E-state index is 9.22. The van der Waals surface area contributed by atoms with Gasteiger partial charge in [-0.15, -0.1) is 0 Å². The first-order chi connectivity index (χ1) is 9.38. The van der Waals surface area contributed by atoms with Crippen LogP contribution in [-0.4, -0.2) is 19.5 Å². The lowest BCUT2D eigenvalue weighted by molar-refractivity contribution is -0.0496. The van der Waals surface area contributed by atoms with Gasteiger partial charge in [-0.3, -0.25) is 0 Å². The molecule has 0 aromatic rings. The van der Waals surface area contributed by atoms with E-state index in [2.05, 4.69) is 24.3 Å². The molecule has 2 aliphatic carbocycles. The van der Waals surface area contributed by atoms with E-state index in [1.54, 1.807) is 0 Å². The summed E-state index contributed by atoms with van der Waals surface area (Å²) in [6.07, 6.45) is 11.4. The molecular formula is C16H19NO2. The Balaban J connectivity index is 1.69. The Bertz CT molecular complexity index is 475. The van der Waals surface area contributed by atoms with Crippen molar-refractivity contribution in [3.05, 3.63) is 34.9 Å². The lowest BCUT2D eigenvalue weighted by atomic mass is 9.75. The van der Waals surface area contributed by atoms with E-state index in [1.165, 1.54) is 11.1 Å². The molecule has 1 heterocycles. The number of nitriles is 1. The molecule has 0 radical (unpaired) electrons. The fraction of sp³-hybridized carbons (Fsp3) is 0.562. The van der Waals surface area contributed by atoms with E-state index >= 15 is 0 Å². The van der Waals surface area contributed by atoms with Gasteiger partial charge >= 0.3 is 0 Å². The van der Waals surface area contributed by atoms with E-state index in [-0.39, 0.29) is 6.29 Å². The van der Waals surface area contributed by atoms with Gasteiger partial charge in [0.1, 0.15) is 0 Å². The van der Waals surface area contributed by atoms with E-state index in [9.17, 15) is 5.26 Å². The van der Waals surface area contributed by atoms with Gasteiger partial charge in [0.2, 0.25) is 0 Å². The molecule has 19 heavy (non-hydrogen) atoms. The Hall–Kier alpha value is -1.37. The molecular weight excluding hydrogens is 238 g/mol. The second kappa shape index (κ2) is 5.73. The lowest BCUT2D eigenvalue weighted by Crippen LogP contribution is -2.18. The smallest absolute Gasteiger partial charge is 0.157 e. The fourth-order valence-corrected chi connectivity index (χ4v) is 3.22. The van der Waals surface area contributed by atoms with Gasteiger partial charge in [-0.2, -0.15) is 5.26 Å². The predicted octanol–water partition coefficient (Wildman–Crippen LogP) is 3.26. The zero-order valence-electron chi connectivity index (χ0n) is 11.1. The Labute approximate surface area is 114 Å². The summed E-state index contributed by atoms with van der Waals surface area (Å²) in [5.74, 6) is 0.560. The van der Waals surface area contributed by atoms with Crippen LogP contribution in [0.5, 0.6) is 0 Å². The van der Waals surface area contributed by atoms with Crippen molar-refractivity contribution >= 4 is 0 Å². The Kier molecular flexibility index (Phi) is 3.82. The number of allylic oxidation sites excluding steroid dienone is 6. The zero-order chi connectivity index (χ0) is 13.1. The predicted molar refractivity (Wildman–Crippen MR) is 72.1 cm³/mol. The maximum Gasteiger partial charge on any atom is 0.157 e. The van der Waals surface area contributed by atoms with Crippen LogP contribution in [0.4, 0.5) is 0 Å². The zero-order valence-corrected chi connectivity index (χ0v) is 11.1. The fourth-order valence-electron chi connectivity index (χ4n) is 3.22. The summed E-state index contributed by atoms with van der Waals surface area (Å²) in [6.45, 7) is 1.45. The molecule has 3 rings (SSSR count). The molecule has 3 aliphatic rings. The molecule has 0 bridgehead atoms. The highest BCUT2D eigenvalue weighted by Gasteiger charge is 2.27. The number of hydrogen-bond donors (Lipinski definition) is 0. The number of rotatable bonds is 3. The number of ether oxygens (including phenoxy) is 2. The van der Waals surface area contributed by atoms with Crippen LogP contribution in [-0.2, 0) is 9.47 Å².